The van der Waals surface area contributed by atoms with Crippen LogP contribution < -0.4 is 0 Å². The second-order valence-corrected chi connectivity index (χ2v) is 6.43. The first kappa shape index (κ1) is 20.2. The van der Waals surface area contributed by atoms with Gasteiger partial charge in [0.15, 0.2) is 0 Å². The van der Waals surface area contributed by atoms with Gasteiger partial charge in [0.2, 0.25) is 5.91 Å². The lowest BCUT2D eigenvalue weighted by Crippen LogP contribution is -2.38. The van der Waals surface area contributed by atoms with E-state index in [1.807, 2.05) is 18.5 Å². The Kier molecular flexibility index (Phi) is 7.91. The van der Waals surface area contributed by atoms with Crippen LogP contribution >= 0.6 is 0 Å². The summed E-state index contributed by atoms with van der Waals surface area (Å²) < 4.78 is 6.93. The molecule has 7 heteroatoms. The van der Waals surface area contributed by atoms with Gasteiger partial charge in [0, 0.05) is 32.3 Å². The van der Waals surface area contributed by atoms with E-state index in [9.17, 15) is 9.59 Å². The number of carbonyl (C=O) groups is 2. The van der Waals surface area contributed by atoms with Gasteiger partial charge in [-0.1, -0.05) is 13.8 Å². The molecule has 0 fully saturated rings. The maximum Gasteiger partial charge on any atom is 0.323 e. The molecular formula is C17H29N3O4. The minimum atomic E-state index is -1.02. The van der Waals surface area contributed by atoms with Crippen LogP contribution in [0.3, 0.4) is 0 Å². The Morgan fingerprint density at radius 3 is 2.54 bits per heavy atom. The largest absolute Gasteiger partial charge is 0.480 e. The average Bonchev–Trinajstić information content (AvgIpc) is 2.74. The van der Waals surface area contributed by atoms with Crippen LogP contribution in [0.5, 0.6) is 0 Å². The number of nitrogens with zero attached hydrogens (tertiary/aromatic N) is 3. The maximum absolute atomic E-state index is 12.3. The first-order valence-corrected chi connectivity index (χ1v) is 8.27. The summed E-state index contributed by atoms with van der Waals surface area (Å²) >= 11 is 0. The molecule has 0 aliphatic heterocycles. The molecule has 1 aromatic heterocycles. The third kappa shape index (κ3) is 5.96. The highest BCUT2D eigenvalue weighted by Crippen LogP contribution is 2.17. The number of carboxylic acids is 1. The minimum absolute atomic E-state index is 0.176. The summed E-state index contributed by atoms with van der Waals surface area (Å²) in [6, 6.07) is 0. The zero-order chi connectivity index (χ0) is 18.3. The van der Waals surface area contributed by atoms with E-state index in [0.29, 0.717) is 18.9 Å². The monoisotopic (exact) mass is 339 g/mol. The van der Waals surface area contributed by atoms with Gasteiger partial charge in [-0.25, -0.2) is 0 Å². The van der Waals surface area contributed by atoms with Crippen molar-refractivity contribution in [2.75, 3.05) is 26.8 Å². The lowest BCUT2D eigenvalue weighted by Gasteiger charge is -2.20. The summed E-state index contributed by atoms with van der Waals surface area (Å²) in [5.74, 6) is -0.695. The third-order valence-corrected chi connectivity index (χ3v) is 3.90. The second-order valence-electron chi connectivity index (χ2n) is 6.43. The van der Waals surface area contributed by atoms with Crippen LogP contribution in [0.4, 0.5) is 0 Å². The van der Waals surface area contributed by atoms with Crippen LogP contribution in [-0.4, -0.2) is 58.5 Å². The fraction of sp³-hybridized carbons (Fsp3) is 0.706. The molecule has 1 amide bonds. The molecule has 1 N–H and O–H groups in total. The summed E-state index contributed by atoms with van der Waals surface area (Å²) in [5.41, 5.74) is 3.09. The van der Waals surface area contributed by atoms with Crippen LogP contribution in [0, 0.1) is 19.8 Å². The van der Waals surface area contributed by atoms with Gasteiger partial charge in [-0.05, 0) is 31.7 Å². The SMILES string of the molecule is COCCN(CC(=O)O)C(=O)CCc1c(C)nn(CC(C)C)c1C. The number of hydrogen-bond acceptors (Lipinski definition) is 4. The van der Waals surface area contributed by atoms with Crippen molar-refractivity contribution in [2.24, 2.45) is 5.92 Å². The van der Waals surface area contributed by atoms with Crippen LogP contribution in [0.1, 0.15) is 37.2 Å². The summed E-state index contributed by atoms with van der Waals surface area (Å²) in [6.45, 7) is 9.39. The molecule has 0 unspecified atom stereocenters. The lowest BCUT2D eigenvalue weighted by molar-refractivity contribution is -0.144. The Balaban J connectivity index is 2.74. The summed E-state index contributed by atoms with van der Waals surface area (Å²) in [4.78, 5) is 24.6. The van der Waals surface area contributed by atoms with Gasteiger partial charge < -0.3 is 14.7 Å². The number of aryl methyl sites for hydroxylation is 1. The molecule has 0 saturated carbocycles. The van der Waals surface area contributed by atoms with E-state index in [0.717, 1.165) is 23.5 Å². The van der Waals surface area contributed by atoms with Crippen molar-refractivity contribution in [2.45, 2.75) is 47.1 Å². The predicted octanol–water partition coefficient (Wildman–Crippen LogP) is 1.65. The Labute approximate surface area is 143 Å². The molecule has 0 saturated heterocycles. The van der Waals surface area contributed by atoms with E-state index in [1.165, 1.54) is 12.0 Å². The van der Waals surface area contributed by atoms with E-state index in [2.05, 4.69) is 18.9 Å². The van der Waals surface area contributed by atoms with E-state index < -0.39 is 5.97 Å². The van der Waals surface area contributed by atoms with Gasteiger partial charge in [0.05, 0.1) is 12.3 Å². The number of ether oxygens (including phenoxy) is 1. The highest BCUT2D eigenvalue weighted by Gasteiger charge is 2.19. The third-order valence-electron chi connectivity index (χ3n) is 3.90. The molecule has 0 bridgehead atoms. The normalized spacial score (nSPS) is 11.1. The molecule has 0 atom stereocenters. The van der Waals surface area contributed by atoms with Crippen molar-refractivity contribution in [1.29, 1.82) is 0 Å². The Morgan fingerprint density at radius 1 is 1.33 bits per heavy atom. The number of hydrogen-bond donors (Lipinski definition) is 1. The fourth-order valence-electron chi connectivity index (χ4n) is 2.67. The fourth-order valence-corrected chi connectivity index (χ4v) is 2.67. The van der Waals surface area contributed by atoms with E-state index in [4.69, 9.17) is 9.84 Å². The van der Waals surface area contributed by atoms with Crippen molar-refractivity contribution in [1.82, 2.24) is 14.7 Å². The smallest absolute Gasteiger partial charge is 0.323 e. The van der Waals surface area contributed by atoms with Crippen molar-refractivity contribution in [3.63, 3.8) is 0 Å². The molecule has 1 rings (SSSR count). The summed E-state index contributed by atoms with van der Waals surface area (Å²) in [7, 11) is 1.53. The van der Waals surface area contributed by atoms with E-state index in [-0.39, 0.29) is 25.4 Å². The quantitative estimate of drug-likeness (QED) is 0.700. The number of carbonyl (C=O) groups excluding carboxylic acids is 1. The Morgan fingerprint density at radius 2 is 2.00 bits per heavy atom. The van der Waals surface area contributed by atoms with Crippen LogP contribution in [0.2, 0.25) is 0 Å². The highest BCUT2D eigenvalue weighted by atomic mass is 16.5. The van der Waals surface area contributed by atoms with E-state index >= 15 is 0 Å². The van der Waals surface area contributed by atoms with Crippen LogP contribution in [-0.2, 0) is 27.3 Å². The summed E-state index contributed by atoms with van der Waals surface area (Å²) in [6.07, 6.45) is 0.837. The first-order valence-electron chi connectivity index (χ1n) is 8.27. The first-order chi connectivity index (χ1) is 11.3. The van der Waals surface area contributed by atoms with Crippen molar-refractivity contribution < 1.29 is 19.4 Å². The number of aliphatic carboxylic acids is 1. The second kappa shape index (κ2) is 9.42. The van der Waals surface area contributed by atoms with Gasteiger partial charge in [-0.15, -0.1) is 0 Å². The van der Waals surface area contributed by atoms with Crippen LogP contribution in [0.15, 0.2) is 0 Å². The molecule has 0 radical (unpaired) electrons. The average molecular weight is 339 g/mol. The van der Waals surface area contributed by atoms with Gasteiger partial charge in [-0.3, -0.25) is 14.3 Å². The molecule has 0 spiro atoms. The lowest BCUT2D eigenvalue weighted by atomic mass is 10.1. The highest BCUT2D eigenvalue weighted by molar-refractivity contribution is 5.81. The number of amides is 1. The standard InChI is InChI=1S/C17H29N3O4/c1-12(2)10-20-14(4)15(13(3)18-20)6-7-16(21)19(8-9-24-5)11-17(22)23/h12H,6-11H2,1-5H3,(H,22,23). The van der Waals surface area contributed by atoms with Gasteiger partial charge in [0.1, 0.15) is 6.54 Å². The number of carboxylic acid groups (broad SMARTS) is 1. The maximum atomic E-state index is 12.3. The Bertz CT molecular complexity index is 566. The Hall–Kier alpha value is -1.89. The minimum Gasteiger partial charge on any atom is -0.480 e. The van der Waals surface area contributed by atoms with Crippen LogP contribution in [0.25, 0.3) is 0 Å². The van der Waals surface area contributed by atoms with E-state index in [1.54, 1.807) is 0 Å². The van der Waals surface area contributed by atoms with Gasteiger partial charge >= 0.3 is 5.97 Å². The van der Waals surface area contributed by atoms with Gasteiger partial charge in [-0.2, -0.15) is 5.10 Å². The molecular weight excluding hydrogens is 310 g/mol. The zero-order valence-corrected chi connectivity index (χ0v) is 15.3. The van der Waals surface area contributed by atoms with Crippen molar-refractivity contribution >= 4 is 11.9 Å². The number of rotatable bonds is 10. The zero-order valence-electron chi connectivity index (χ0n) is 15.3. The molecule has 0 aliphatic carbocycles. The van der Waals surface area contributed by atoms with Crippen molar-refractivity contribution in [3.8, 4) is 0 Å². The number of aromatic nitrogens is 2. The molecule has 24 heavy (non-hydrogen) atoms. The molecule has 0 aliphatic rings. The molecule has 1 heterocycles. The molecule has 136 valence electrons. The van der Waals surface area contributed by atoms with Crippen molar-refractivity contribution in [3.05, 3.63) is 17.0 Å². The number of methoxy groups -OCH3 is 1. The molecule has 0 aromatic carbocycles. The predicted molar refractivity (Wildman–Crippen MR) is 91.0 cm³/mol. The molecule has 1 aromatic rings. The molecule has 7 nitrogen and oxygen atoms in total. The van der Waals surface area contributed by atoms with Gasteiger partial charge in [0.25, 0.3) is 0 Å². The topological polar surface area (TPSA) is 84.7 Å². The summed E-state index contributed by atoms with van der Waals surface area (Å²) in [5, 5.41) is 13.5.